The van der Waals surface area contributed by atoms with Crippen molar-refractivity contribution in [3.8, 4) is 5.69 Å². The van der Waals surface area contributed by atoms with Gasteiger partial charge in [-0.05, 0) is 37.8 Å². The maximum atomic E-state index is 14.8. The predicted molar refractivity (Wildman–Crippen MR) is 120 cm³/mol. The molecule has 5 rings (SSSR count). The van der Waals surface area contributed by atoms with Gasteiger partial charge in [0.15, 0.2) is 17.3 Å². The first-order valence-corrected chi connectivity index (χ1v) is 11.1. The second kappa shape index (κ2) is 8.49. The van der Waals surface area contributed by atoms with Gasteiger partial charge < -0.3 is 10.4 Å². The van der Waals surface area contributed by atoms with E-state index < -0.39 is 46.5 Å². The third-order valence-corrected chi connectivity index (χ3v) is 6.37. The van der Waals surface area contributed by atoms with Gasteiger partial charge in [-0.15, -0.1) is 0 Å². The van der Waals surface area contributed by atoms with E-state index in [0.29, 0.717) is 18.1 Å². The zero-order valence-corrected chi connectivity index (χ0v) is 18.6. The van der Waals surface area contributed by atoms with E-state index in [1.54, 1.807) is 0 Å². The van der Waals surface area contributed by atoms with Crippen LogP contribution in [0.3, 0.4) is 0 Å². The predicted octanol–water partition coefficient (Wildman–Crippen LogP) is 2.43. The second-order valence-corrected chi connectivity index (χ2v) is 8.96. The van der Waals surface area contributed by atoms with Gasteiger partial charge in [-0.2, -0.15) is 0 Å². The lowest BCUT2D eigenvalue weighted by Gasteiger charge is -2.19. The summed E-state index contributed by atoms with van der Waals surface area (Å²) in [7, 11) is 0. The molecule has 1 aliphatic carbocycles. The minimum absolute atomic E-state index is 0.0413. The summed E-state index contributed by atoms with van der Waals surface area (Å²) in [6.07, 6.45) is 1.84. The average Bonchev–Trinajstić information content (AvgIpc) is 3.58. The molecule has 1 aromatic carbocycles. The minimum Gasteiger partial charge on any atom is -0.391 e. The van der Waals surface area contributed by atoms with Crippen LogP contribution >= 0.6 is 0 Å². The Kier molecular flexibility index (Phi) is 5.59. The van der Waals surface area contributed by atoms with Crippen molar-refractivity contribution in [2.24, 2.45) is 5.92 Å². The molecule has 1 saturated heterocycles. The fourth-order valence-electron chi connectivity index (χ4n) is 4.35. The smallest absolute Gasteiger partial charge is 0.257 e. The molecule has 0 radical (unpaired) electrons. The van der Waals surface area contributed by atoms with Gasteiger partial charge in [0.1, 0.15) is 22.9 Å². The van der Waals surface area contributed by atoms with Gasteiger partial charge >= 0.3 is 0 Å². The van der Waals surface area contributed by atoms with Gasteiger partial charge in [-0.3, -0.25) is 23.9 Å². The molecule has 2 amide bonds. The SMILES string of the molecule is CC(NC(=O)c1cn(-c2c(F)cc(F)cc2F)c2nc(N3CC(O)CC3=O)ccc2c1=O)C1CC1. The number of hydrogen-bond donors (Lipinski definition) is 2. The number of β-amino-alcohol motifs (C(OH)–C–C–N with tert-alkyl or cyclic N) is 1. The van der Waals surface area contributed by atoms with Gasteiger partial charge in [0, 0.05) is 24.4 Å². The van der Waals surface area contributed by atoms with Crippen molar-refractivity contribution in [1.82, 2.24) is 14.9 Å². The molecular weight excluding hydrogens is 465 g/mol. The highest BCUT2D eigenvalue weighted by Crippen LogP contribution is 2.32. The molecule has 35 heavy (non-hydrogen) atoms. The molecular formula is C24H21F3N4O4. The molecule has 3 aromatic rings. The standard InChI is InChI=1S/C24H21F3N4O4/c1-11(12-2-3-12)28-24(35)16-10-31(21-17(26)6-13(25)7-18(21)27)23-15(22(16)34)4-5-19(29-23)30-9-14(32)8-20(30)33/h4-7,10-12,14,32H,2-3,8-9H2,1H3,(H,28,35). The van der Waals surface area contributed by atoms with Gasteiger partial charge in [-0.1, -0.05) is 0 Å². The first-order valence-electron chi connectivity index (χ1n) is 11.1. The molecule has 2 aromatic heterocycles. The van der Waals surface area contributed by atoms with Crippen LogP contribution in [0.25, 0.3) is 16.7 Å². The van der Waals surface area contributed by atoms with E-state index in [9.17, 15) is 32.7 Å². The molecule has 0 bridgehead atoms. The molecule has 2 unspecified atom stereocenters. The maximum absolute atomic E-state index is 14.8. The van der Waals surface area contributed by atoms with Crippen LogP contribution in [0.15, 0.2) is 35.3 Å². The number of benzene rings is 1. The lowest BCUT2D eigenvalue weighted by molar-refractivity contribution is -0.117. The molecule has 182 valence electrons. The van der Waals surface area contributed by atoms with Gasteiger partial charge in [0.25, 0.3) is 5.91 Å². The van der Waals surface area contributed by atoms with E-state index in [4.69, 9.17) is 0 Å². The van der Waals surface area contributed by atoms with E-state index in [2.05, 4.69) is 10.3 Å². The molecule has 3 heterocycles. The number of halogens is 3. The molecule has 1 aliphatic heterocycles. The lowest BCUT2D eigenvalue weighted by Crippen LogP contribution is -2.37. The van der Waals surface area contributed by atoms with Crippen molar-refractivity contribution in [1.29, 1.82) is 0 Å². The summed E-state index contributed by atoms with van der Waals surface area (Å²) >= 11 is 0. The third kappa shape index (κ3) is 4.16. The molecule has 2 atom stereocenters. The quantitative estimate of drug-likeness (QED) is 0.577. The Balaban J connectivity index is 1.72. The van der Waals surface area contributed by atoms with Crippen molar-refractivity contribution in [3.05, 3.63) is 63.7 Å². The summed E-state index contributed by atoms with van der Waals surface area (Å²) in [5.41, 5.74) is -2.06. The highest BCUT2D eigenvalue weighted by Gasteiger charge is 2.32. The van der Waals surface area contributed by atoms with Gasteiger partial charge in [0.05, 0.1) is 24.5 Å². The van der Waals surface area contributed by atoms with Gasteiger partial charge in [-0.25, -0.2) is 18.2 Å². The second-order valence-electron chi connectivity index (χ2n) is 8.96. The van der Waals surface area contributed by atoms with Crippen LogP contribution in [-0.4, -0.2) is 45.2 Å². The number of carbonyl (C=O) groups is 2. The Morgan fingerprint density at radius 2 is 1.86 bits per heavy atom. The van der Waals surface area contributed by atoms with Crippen molar-refractivity contribution in [2.45, 2.75) is 38.3 Å². The van der Waals surface area contributed by atoms with E-state index in [0.717, 1.165) is 23.6 Å². The highest BCUT2D eigenvalue weighted by molar-refractivity contribution is 5.99. The number of aromatic nitrogens is 2. The Morgan fingerprint density at radius 3 is 2.46 bits per heavy atom. The van der Waals surface area contributed by atoms with E-state index >= 15 is 0 Å². The molecule has 0 spiro atoms. The summed E-state index contributed by atoms with van der Waals surface area (Å²) in [5.74, 6) is -4.47. The largest absolute Gasteiger partial charge is 0.391 e. The summed E-state index contributed by atoms with van der Waals surface area (Å²) in [5, 5.41) is 12.4. The first kappa shape index (κ1) is 23.0. The number of aliphatic hydroxyl groups excluding tert-OH is 1. The molecule has 8 nitrogen and oxygen atoms in total. The Labute approximate surface area is 197 Å². The van der Waals surface area contributed by atoms with Crippen molar-refractivity contribution in [2.75, 3.05) is 11.4 Å². The number of nitrogens with zero attached hydrogens (tertiary/aromatic N) is 3. The fourth-order valence-corrected chi connectivity index (χ4v) is 4.35. The highest BCUT2D eigenvalue weighted by atomic mass is 19.1. The number of aliphatic hydroxyl groups is 1. The summed E-state index contributed by atoms with van der Waals surface area (Å²) in [6.45, 7) is 1.77. The van der Waals surface area contributed by atoms with Crippen molar-refractivity contribution in [3.63, 3.8) is 0 Å². The number of fused-ring (bicyclic) bond motifs is 1. The number of amides is 2. The van der Waals surface area contributed by atoms with Crippen molar-refractivity contribution < 1.29 is 27.9 Å². The third-order valence-electron chi connectivity index (χ3n) is 6.37. The van der Waals surface area contributed by atoms with E-state index in [1.165, 1.54) is 17.0 Å². The fraction of sp³-hybridized carbons (Fsp3) is 0.333. The van der Waals surface area contributed by atoms with Crippen LogP contribution in [0.2, 0.25) is 0 Å². The lowest BCUT2D eigenvalue weighted by atomic mass is 10.1. The molecule has 2 N–H and O–H groups in total. The average molecular weight is 486 g/mol. The van der Waals surface area contributed by atoms with E-state index in [1.807, 2.05) is 6.92 Å². The monoisotopic (exact) mass is 486 g/mol. The zero-order valence-electron chi connectivity index (χ0n) is 18.6. The summed E-state index contributed by atoms with van der Waals surface area (Å²) < 4.78 is 44.1. The van der Waals surface area contributed by atoms with E-state index in [-0.39, 0.29) is 41.4 Å². The number of pyridine rings is 2. The number of rotatable bonds is 5. The van der Waals surface area contributed by atoms with Crippen LogP contribution in [0.4, 0.5) is 19.0 Å². The Bertz CT molecular complexity index is 1410. The van der Waals surface area contributed by atoms with Gasteiger partial charge in [0.2, 0.25) is 11.3 Å². The van der Waals surface area contributed by atoms with Crippen LogP contribution in [0.5, 0.6) is 0 Å². The normalized spacial score (nSPS) is 18.8. The number of anilines is 1. The number of hydrogen-bond acceptors (Lipinski definition) is 5. The molecule has 2 fully saturated rings. The van der Waals surface area contributed by atoms with Crippen molar-refractivity contribution >= 4 is 28.7 Å². The number of nitrogens with one attached hydrogen (secondary N) is 1. The minimum atomic E-state index is -1.27. The molecule has 2 aliphatic rings. The van der Waals surface area contributed by atoms with Crippen LogP contribution in [0, 0.1) is 23.4 Å². The zero-order chi connectivity index (χ0) is 25.0. The molecule has 1 saturated carbocycles. The van der Waals surface area contributed by atoms with Crippen LogP contribution < -0.4 is 15.6 Å². The first-order chi connectivity index (χ1) is 16.6. The maximum Gasteiger partial charge on any atom is 0.257 e. The molecule has 11 heteroatoms. The topological polar surface area (TPSA) is 105 Å². The Hall–Kier alpha value is -3.73. The Morgan fingerprint density at radius 1 is 1.17 bits per heavy atom. The number of carbonyl (C=O) groups excluding carboxylic acids is 2. The summed E-state index contributed by atoms with van der Waals surface area (Å²) in [6, 6.07) is 3.41. The van der Waals surface area contributed by atoms with Crippen LogP contribution in [0.1, 0.15) is 36.5 Å². The summed E-state index contributed by atoms with van der Waals surface area (Å²) in [4.78, 5) is 43.9. The van der Waals surface area contributed by atoms with Crippen LogP contribution in [-0.2, 0) is 4.79 Å².